The second-order valence-electron chi connectivity index (χ2n) is 6.37. The number of thioether (sulfide) groups is 1. The molecule has 0 radical (unpaired) electrons. The van der Waals surface area contributed by atoms with Gasteiger partial charge in [-0.25, -0.2) is 4.39 Å². The van der Waals surface area contributed by atoms with Crippen molar-refractivity contribution in [3.63, 3.8) is 0 Å². The first-order valence-electron chi connectivity index (χ1n) is 8.80. The summed E-state index contributed by atoms with van der Waals surface area (Å²) in [5.41, 5.74) is 2.90. The highest BCUT2D eigenvalue weighted by atomic mass is 32.2. The van der Waals surface area contributed by atoms with Crippen molar-refractivity contribution in [1.29, 1.82) is 0 Å². The molecular weight excluding hydrogens is 395 g/mol. The number of aryl methyl sites for hydroxylation is 2. The number of nitrogens with zero attached hydrogens (tertiary/aromatic N) is 4. The van der Waals surface area contributed by atoms with E-state index in [1.54, 1.807) is 12.1 Å². The van der Waals surface area contributed by atoms with E-state index >= 15 is 0 Å². The van der Waals surface area contributed by atoms with Crippen LogP contribution < -0.4 is 4.74 Å². The molecule has 0 aliphatic carbocycles. The van der Waals surface area contributed by atoms with Gasteiger partial charge in [-0.1, -0.05) is 17.8 Å². The third-order valence-electron chi connectivity index (χ3n) is 3.88. The molecule has 2 aromatic carbocycles. The Morgan fingerprint density at radius 1 is 0.897 bits per heavy atom. The van der Waals surface area contributed by atoms with Crippen LogP contribution in [0.25, 0.3) is 11.5 Å². The van der Waals surface area contributed by atoms with Crippen molar-refractivity contribution in [2.45, 2.75) is 31.4 Å². The van der Waals surface area contributed by atoms with Gasteiger partial charge in [0.05, 0.1) is 5.75 Å². The van der Waals surface area contributed by atoms with Crippen LogP contribution in [0, 0.1) is 19.7 Å². The lowest BCUT2D eigenvalue weighted by Gasteiger charge is -2.05. The van der Waals surface area contributed by atoms with Crippen LogP contribution in [0.3, 0.4) is 0 Å². The second-order valence-corrected chi connectivity index (χ2v) is 7.30. The van der Waals surface area contributed by atoms with E-state index in [1.807, 2.05) is 26.0 Å². The molecule has 0 unspecified atom stereocenters. The molecule has 9 heteroatoms. The average Bonchev–Trinajstić information content (AvgIpc) is 3.34. The Morgan fingerprint density at radius 2 is 1.62 bits per heavy atom. The quantitative estimate of drug-likeness (QED) is 0.402. The maximum Gasteiger partial charge on any atom is 0.277 e. The molecule has 0 aliphatic rings. The van der Waals surface area contributed by atoms with Crippen molar-refractivity contribution in [2.24, 2.45) is 0 Å². The first-order valence-corrected chi connectivity index (χ1v) is 9.78. The molecule has 0 bridgehead atoms. The van der Waals surface area contributed by atoms with E-state index in [0.717, 1.165) is 16.9 Å². The van der Waals surface area contributed by atoms with Gasteiger partial charge in [0.25, 0.3) is 11.1 Å². The average molecular weight is 412 g/mol. The summed E-state index contributed by atoms with van der Waals surface area (Å²) < 4.78 is 29.9. The summed E-state index contributed by atoms with van der Waals surface area (Å²) in [7, 11) is 0. The summed E-state index contributed by atoms with van der Waals surface area (Å²) in [4.78, 5) is 0. The minimum absolute atomic E-state index is 0.186. The van der Waals surface area contributed by atoms with E-state index in [2.05, 4.69) is 26.5 Å². The minimum atomic E-state index is -0.322. The fraction of sp³-hybridized carbons (Fsp3) is 0.200. The third-order valence-corrected chi connectivity index (χ3v) is 4.69. The summed E-state index contributed by atoms with van der Waals surface area (Å²) in [6.07, 6.45) is 0. The minimum Gasteiger partial charge on any atom is -0.484 e. The summed E-state index contributed by atoms with van der Waals surface area (Å²) in [5.74, 6) is 1.92. The van der Waals surface area contributed by atoms with Gasteiger partial charge in [-0.2, -0.15) is 0 Å². The molecule has 0 N–H and O–H groups in total. The van der Waals surface area contributed by atoms with Crippen LogP contribution in [0.15, 0.2) is 56.5 Å². The zero-order chi connectivity index (χ0) is 20.2. The van der Waals surface area contributed by atoms with Crippen LogP contribution in [0.2, 0.25) is 0 Å². The maximum atomic E-state index is 13.0. The molecule has 0 spiro atoms. The van der Waals surface area contributed by atoms with Gasteiger partial charge in [0.2, 0.25) is 11.8 Å². The number of hydrogen-bond acceptors (Lipinski definition) is 8. The van der Waals surface area contributed by atoms with Crippen LogP contribution in [-0.4, -0.2) is 20.4 Å². The van der Waals surface area contributed by atoms with Crippen molar-refractivity contribution in [3.8, 4) is 17.2 Å². The van der Waals surface area contributed by atoms with Crippen LogP contribution in [0.1, 0.15) is 22.9 Å². The standard InChI is InChI=1S/C20H17FN4O3S/c1-12-7-13(2)9-16(8-12)26-10-17-22-25-20(28-17)29-11-18-23-24-19(27-18)14-3-5-15(21)6-4-14/h3-9H,10-11H2,1-2H3. The zero-order valence-electron chi connectivity index (χ0n) is 15.8. The molecule has 4 rings (SSSR count). The molecule has 2 heterocycles. The van der Waals surface area contributed by atoms with E-state index in [9.17, 15) is 4.39 Å². The van der Waals surface area contributed by atoms with E-state index < -0.39 is 0 Å². The Bertz CT molecular complexity index is 1090. The lowest BCUT2D eigenvalue weighted by molar-refractivity contribution is 0.252. The molecule has 148 valence electrons. The fourth-order valence-electron chi connectivity index (χ4n) is 2.66. The maximum absolute atomic E-state index is 13.0. The van der Waals surface area contributed by atoms with Gasteiger partial charge in [-0.3, -0.25) is 0 Å². The van der Waals surface area contributed by atoms with Gasteiger partial charge < -0.3 is 13.6 Å². The lowest BCUT2D eigenvalue weighted by Crippen LogP contribution is -1.96. The van der Waals surface area contributed by atoms with E-state index in [-0.39, 0.29) is 12.4 Å². The number of benzene rings is 2. The number of aromatic nitrogens is 4. The first-order chi connectivity index (χ1) is 14.0. The largest absolute Gasteiger partial charge is 0.484 e. The molecule has 29 heavy (non-hydrogen) atoms. The summed E-state index contributed by atoms with van der Waals surface area (Å²) in [6.45, 7) is 4.21. The summed E-state index contributed by atoms with van der Waals surface area (Å²) >= 11 is 1.28. The topological polar surface area (TPSA) is 87.1 Å². The van der Waals surface area contributed by atoms with Crippen molar-refractivity contribution in [2.75, 3.05) is 0 Å². The number of halogens is 1. The Labute approximate surface area is 170 Å². The molecule has 0 saturated heterocycles. The smallest absolute Gasteiger partial charge is 0.277 e. The molecular formula is C20H17FN4O3S. The zero-order valence-corrected chi connectivity index (χ0v) is 16.6. The predicted molar refractivity (Wildman–Crippen MR) is 104 cm³/mol. The van der Waals surface area contributed by atoms with Gasteiger partial charge in [-0.15, -0.1) is 20.4 Å². The van der Waals surface area contributed by atoms with Crippen LogP contribution in [-0.2, 0) is 12.4 Å². The molecule has 2 aromatic heterocycles. The number of hydrogen-bond donors (Lipinski definition) is 0. The van der Waals surface area contributed by atoms with Crippen molar-refractivity contribution in [1.82, 2.24) is 20.4 Å². The van der Waals surface area contributed by atoms with E-state index in [0.29, 0.717) is 34.2 Å². The fourth-order valence-corrected chi connectivity index (χ4v) is 3.28. The van der Waals surface area contributed by atoms with Crippen LogP contribution in [0.5, 0.6) is 5.75 Å². The predicted octanol–water partition coefficient (Wildman–Crippen LogP) is 4.75. The van der Waals surface area contributed by atoms with Crippen LogP contribution >= 0.6 is 11.8 Å². The molecule has 0 saturated carbocycles. The normalized spacial score (nSPS) is 11.0. The van der Waals surface area contributed by atoms with Gasteiger partial charge in [0.1, 0.15) is 11.6 Å². The Kier molecular flexibility index (Phi) is 5.57. The van der Waals surface area contributed by atoms with E-state index in [4.69, 9.17) is 13.6 Å². The van der Waals surface area contributed by atoms with Crippen molar-refractivity contribution >= 4 is 11.8 Å². The molecule has 0 amide bonds. The summed E-state index contributed by atoms with van der Waals surface area (Å²) in [6, 6.07) is 11.8. The molecule has 0 fully saturated rings. The van der Waals surface area contributed by atoms with Gasteiger partial charge in [0, 0.05) is 5.56 Å². The monoisotopic (exact) mass is 412 g/mol. The molecule has 7 nitrogen and oxygen atoms in total. The highest BCUT2D eigenvalue weighted by Crippen LogP contribution is 2.24. The van der Waals surface area contributed by atoms with Gasteiger partial charge >= 0.3 is 0 Å². The second kappa shape index (κ2) is 8.44. The molecule has 0 atom stereocenters. The molecule has 0 aliphatic heterocycles. The Morgan fingerprint density at radius 3 is 2.38 bits per heavy atom. The molecule has 4 aromatic rings. The third kappa shape index (κ3) is 5.00. The van der Waals surface area contributed by atoms with Gasteiger partial charge in [-0.05, 0) is 61.4 Å². The van der Waals surface area contributed by atoms with E-state index in [1.165, 1.54) is 23.9 Å². The highest BCUT2D eigenvalue weighted by molar-refractivity contribution is 7.98. The highest BCUT2D eigenvalue weighted by Gasteiger charge is 2.12. The Hall–Kier alpha value is -3.20. The number of ether oxygens (including phenoxy) is 1. The van der Waals surface area contributed by atoms with Crippen LogP contribution in [0.4, 0.5) is 4.39 Å². The summed E-state index contributed by atoms with van der Waals surface area (Å²) in [5, 5.41) is 16.3. The SMILES string of the molecule is Cc1cc(C)cc(OCc2nnc(SCc3nnc(-c4ccc(F)cc4)o3)o2)c1. The lowest BCUT2D eigenvalue weighted by atomic mass is 10.1. The first kappa shape index (κ1) is 19.1. The van der Waals surface area contributed by atoms with Crippen molar-refractivity contribution in [3.05, 3.63) is 71.2 Å². The number of rotatable bonds is 7. The Balaban J connectivity index is 1.32. The van der Waals surface area contributed by atoms with Crippen molar-refractivity contribution < 1.29 is 18.0 Å². The van der Waals surface area contributed by atoms with Gasteiger partial charge in [0.15, 0.2) is 6.61 Å².